The minimum Gasteiger partial charge on any atom is -0.505 e. The molecule has 2 saturated heterocycles. The number of hydrogen-bond acceptors (Lipinski definition) is 5. The number of hydrogen-bond donors (Lipinski definition) is 2. The maximum absolute atomic E-state index is 12.2. The predicted octanol–water partition coefficient (Wildman–Crippen LogP) is -1.04. The maximum Gasteiger partial charge on any atom is 0.383 e. The molecule has 2 rings (SSSR count). The molecule has 2 aliphatic heterocycles. The van der Waals surface area contributed by atoms with Crippen LogP contribution in [0.15, 0.2) is 12.7 Å². The smallest absolute Gasteiger partial charge is 0.383 e. The van der Waals surface area contributed by atoms with Crippen LogP contribution in [0, 0.1) is 5.92 Å². The number of amides is 1. The molecule has 0 bridgehead atoms. The molecule has 0 aliphatic carbocycles. The molecule has 0 saturated carbocycles. The van der Waals surface area contributed by atoms with E-state index in [1.54, 1.807) is 0 Å². The van der Waals surface area contributed by atoms with Crippen molar-refractivity contribution in [3.63, 3.8) is 0 Å². The van der Waals surface area contributed by atoms with E-state index in [4.69, 9.17) is 9.84 Å². The van der Waals surface area contributed by atoms with Gasteiger partial charge in [0.25, 0.3) is 5.78 Å². The highest BCUT2D eigenvalue weighted by atomic mass is 16.5. The Morgan fingerprint density at radius 2 is 2.29 bits per heavy atom. The SMILES string of the molecule is C=CCOC(=O)[C@H]1C(=O)[C@@](C)([C@@H]2NC(=O)[C@H]2CCO)[N+]1=[N-]. The third-order valence-electron chi connectivity index (χ3n) is 4.12. The summed E-state index contributed by atoms with van der Waals surface area (Å²) in [5, 5.41) is 11.5. The van der Waals surface area contributed by atoms with Crippen LogP contribution in [0.3, 0.4) is 0 Å². The summed E-state index contributed by atoms with van der Waals surface area (Å²) >= 11 is 0. The van der Waals surface area contributed by atoms with Crippen molar-refractivity contribution in [3.8, 4) is 0 Å². The maximum atomic E-state index is 12.2. The third-order valence-corrected chi connectivity index (χ3v) is 4.12. The molecule has 0 spiro atoms. The van der Waals surface area contributed by atoms with E-state index in [0.717, 1.165) is 0 Å². The van der Waals surface area contributed by atoms with Crippen LogP contribution in [0.25, 0.3) is 5.53 Å². The van der Waals surface area contributed by atoms with Crippen LogP contribution in [-0.4, -0.2) is 58.3 Å². The number of aliphatic hydroxyl groups excluding tert-OH is 1. The fourth-order valence-electron chi connectivity index (χ4n) is 2.81. The zero-order valence-corrected chi connectivity index (χ0v) is 11.6. The van der Waals surface area contributed by atoms with Crippen LogP contribution in [0.4, 0.5) is 0 Å². The molecule has 0 aromatic heterocycles. The van der Waals surface area contributed by atoms with E-state index in [9.17, 15) is 19.9 Å². The fraction of sp³-hybridized carbons (Fsp3) is 0.615. The molecule has 2 aliphatic rings. The van der Waals surface area contributed by atoms with Crippen molar-refractivity contribution in [3.05, 3.63) is 18.2 Å². The van der Waals surface area contributed by atoms with Gasteiger partial charge in [-0.2, -0.15) is 0 Å². The van der Waals surface area contributed by atoms with E-state index in [2.05, 4.69) is 11.9 Å². The normalized spacial score (nSPS) is 34.6. The number of β-lactam (4-membered cyclic amide) rings is 1. The number of rotatable bonds is 6. The van der Waals surface area contributed by atoms with E-state index in [-0.39, 0.29) is 25.5 Å². The quantitative estimate of drug-likeness (QED) is 0.213. The van der Waals surface area contributed by atoms with Gasteiger partial charge in [-0.05, 0) is 6.42 Å². The highest BCUT2D eigenvalue weighted by molar-refractivity contribution is 6.10. The molecule has 2 N–H and O–H groups in total. The first-order chi connectivity index (χ1) is 9.89. The highest BCUT2D eigenvalue weighted by Crippen LogP contribution is 2.39. The number of nitrogens with one attached hydrogen (secondary N) is 1. The number of Topliss-reactive ketones (excluding diaryl/α,β-unsaturated/α-hetero) is 1. The Balaban J connectivity index is 2.10. The molecular weight excluding hydrogens is 278 g/mol. The van der Waals surface area contributed by atoms with Crippen molar-refractivity contribution in [2.45, 2.75) is 31.0 Å². The van der Waals surface area contributed by atoms with Gasteiger partial charge in [0, 0.05) is 13.5 Å². The third kappa shape index (κ3) is 2.06. The first kappa shape index (κ1) is 15.3. The van der Waals surface area contributed by atoms with Crippen LogP contribution >= 0.6 is 0 Å². The fourth-order valence-corrected chi connectivity index (χ4v) is 2.81. The van der Waals surface area contributed by atoms with Crippen LogP contribution in [0.1, 0.15) is 13.3 Å². The van der Waals surface area contributed by atoms with E-state index in [0.29, 0.717) is 4.70 Å². The number of ketones is 1. The first-order valence-corrected chi connectivity index (χ1v) is 6.60. The van der Waals surface area contributed by atoms with Crippen LogP contribution in [0.2, 0.25) is 0 Å². The molecule has 8 nitrogen and oxygen atoms in total. The average molecular weight is 295 g/mol. The summed E-state index contributed by atoms with van der Waals surface area (Å²) in [4.78, 5) is 35.4. The van der Waals surface area contributed by atoms with Gasteiger partial charge in [0.2, 0.25) is 11.4 Å². The minimum atomic E-state index is -1.39. The molecule has 0 aromatic carbocycles. The Hall–Kier alpha value is -2.09. The summed E-state index contributed by atoms with van der Waals surface area (Å²) in [6.07, 6.45) is 1.55. The lowest BCUT2D eigenvalue weighted by Gasteiger charge is -2.51. The second kappa shape index (κ2) is 5.36. The van der Waals surface area contributed by atoms with Gasteiger partial charge in [0.15, 0.2) is 0 Å². The average Bonchev–Trinajstić information content (AvgIpc) is 2.47. The van der Waals surface area contributed by atoms with Crippen LogP contribution in [-0.2, 0) is 19.1 Å². The molecule has 21 heavy (non-hydrogen) atoms. The monoisotopic (exact) mass is 295 g/mol. The minimum absolute atomic E-state index is 0.0551. The van der Waals surface area contributed by atoms with E-state index in [1.165, 1.54) is 13.0 Å². The van der Waals surface area contributed by atoms with Crippen molar-refractivity contribution in [2.24, 2.45) is 5.92 Å². The molecule has 4 atom stereocenters. The highest BCUT2D eigenvalue weighted by Gasteiger charge is 2.72. The molecule has 8 heteroatoms. The summed E-state index contributed by atoms with van der Waals surface area (Å²) in [7, 11) is 0. The standard InChI is InChI=1S/C13H17N3O5/c1-3-6-21-12(20)8-10(18)13(2,16(8)14)9-7(4-5-17)11(19)15-9/h3,7-9,17H,1,4-6H2,2H3,(H,15,19)/t7-,8+,9+,13+/m0/s1. The Morgan fingerprint density at radius 1 is 1.62 bits per heavy atom. The van der Waals surface area contributed by atoms with Crippen molar-refractivity contribution >= 4 is 17.7 Å². The molecular formula is C13H17N3O5. The molecule has 2 fully saturated rings. The number of carbonyl (C=O) groups is 3. The van der Waals surface area contributed by atoms with E-state index < -0.39 is 35.3 Å². The zero-order chi connectivity index (χ0) is 15.8. The summed E-state index contributed by atoms with van der Waals surface area (Å²) in [6, 6.07) is -2.03. The number of esters is 1. The molecule has 114 valence electrons. The van der Waals surface area contributed by atoms with Crippen molar-refractivity contribution in [1.29, 1.82) is 0 Å². The van der Waals surface area contributed by atoms with E-state index in [1.807, 2.05) is 0 Å². The van der Waals surface area contributed by atoms with Gasteiger partial charge in [0.05, 0.1) is 5.92 Å². The molecule has 2 heterocycles. The number of nitrogens with zero attached hydrogens (tertiary/aromatic N) is 2. The van der Waals surface area contributed by atoms with Crippen LogP contribution < -0.4 is 5.32 Å². The zero-order valence-electron chi connectivity index (χ0n) is 11.6. The predicted molar refractivity (Wildman–Crippen MR) is 69.1 cm³/mol. The summed E-state index contributed by atoms with van der Waals surface area (Å²) in [5.74, 6) is -2.23. The Labute approximate surface area is 121 Å². The molecule has 0 radical (unpaired) electrons. The Kier molecular flexibility index (Phi) is 3.91. The lowest BCUT2D eigenvalue weighted by atomic mass is 9.66. The van der Waals surface area contributed by atoms with Crippen LogP contribution in [0.5, 0.6) is 0 Å². The topological polar surface area (TPSA) is 118 Å². The van der Waals surface area contributed by atoms with Crippen molar-refractivity contribution < 1.29 is 28.9 Å². The van der Waals surface area contributed by atoms with E-state index >= 15 is 0 Å². The number of carbonyl (C=O) groups excluding carboxylic acids is 3. The van der Waals surface area contributed by atoms with Gasteiger partial charge in [0.1, 0.15) is 12.6 Å². The molecule has 0 unspecified atom stereocenters. The second-order valence-corrected chi connectivity index (χ2v) is 5.28. The largest absolute Gasteiger partial charge is 0.505 e. The second-order valence-electron chi connectivity index (χ2n) is 5.28. The number of ether oxygens (including phenoxy) is 1. The lowest BCUT2D eigenvalue weighted by molar-refractivity contribution is -0.664. The van der Waals surface area contributed by atoms with Crippen molar-refractivity contribution in [1.82, 2.24) is 5.32 Å². The Bertz CT molecular complexity index is 514. The van der Waals surface area contributed by atoms with Gasteiger partial charge in [-0.1, -0.05) is 12.7 Å². The summed E-state index contributed by atoms with van der Waals surface area (Å²) < 4.78 is 5.37. The number of aliphatic hydroxyl groups is 1. The summed E-state index contributed by atoms with van der Waals surface area (Å²) in [5.41, 5.74) is 8.66. The molecule has 1 amide bonds. The Morgan fingerprint density at radius 3 is 2.76 bits per heavy atom. The van der Waals surface area contributed by atoms with Crippen molar-refractivity contribution in [2.75, 3.05) is 13.2 Å². The molecule has 0 aromatic rings. The van der Waals surface area contributed by atoms with Gasteiger partial charge >= 0.3 is 12.0 Å². The van der Waals surface area contributed by atoms with Gasteiger partial charge in [-0.15, -0.1) is 0 Å². The lowest BCUT2D eigenvalue weighted by Crippen LogP contribution is -2.82. The van der Waals surface area contributed by atoms with Gasteiger partial charge in [-0.25, -0.2) is 4.79 Å². The first-order valence-electron chi connectivity index (χ1n) is 6.60. The van der Waals surface area contributed by atoms with Gasteiger partial charge < -0.3 is 20.7 Å². The summed E-state index contributed by atoms with van der Waals surface area (Å²) in [6.45, 7) is 4.57. The van der Waals surface area contributed by atoms with Gasteiger partial charge in [-0.3, -0.25) is 14.3 Å².